The molecule has 3 unspecified atom stereocenters. The molecule has 3 atom stereocenters. The molecule has 0 amide bonds. The Morgan fingerprint density at radius 1 is 1.07 bits per heavy atom. The van der Waals surface area contributed by atoms with Gasteiger partial charge in [0, 0.05) is 18.5 Å². The van der Waals surface area contributed by atoms with E-state index in [0.29, 0.717) is 12.3 Å². The molecule has 6 rings (SSSR count). The number of fused-ring (bicyclic) bond motifs is 4. The minimum Gasteiger partial charge on any atom is -0.496 e. The number of carbonyl (C=O) groups is 1. The van der Waals surface area contributed by atoms with Crippen molar-refractivity contribution in [1.82, 2.24) is 14.6 Å². The fourth-order valence-corrected chi connectivity index (χ4v) is 7.18. The van der Waals surface area contributed by atoms with Crippen LogP contribution in [0.3, 0.4) is 0 Å². The third kappa shape index (κ3) is 5.58. The Kier molecular flexibility index (Phi) is 9.60. The highest BCUT2D eigenvalue weighted by atomic mass is 35.5. The summed E-state index contributed by atoms with van der Waals surface area (Å²) in [6.45, 7) is 2.89. The van der Waals surface area contributed by atoms with Gasteiger partial charge in [-0.2, -0.15) is 0 Å². The smallest absolute Gasteiger partial charge is 0.350 e. The molecule has 9 nitrogen and oxygen atoms in total. The van der Waals surface area contributed by atoms with Crippen LogP contribution in [0.5, 0.6) is 5.75 Å². The molecular weight excluding hydrogens is 627 g/mol. The average Bonchev–Trinajstić information content (AvgIpc) is 3.42. The molecule has 1 saturated heterocycles. The summed E-state index contributed by atoms with van der Waals surface area (Å²) in [5.74, 6) is 0.983. The first kappa shape index (κ1) is 31.9. The van der Waals surface area contributed by atoms with Gasteiger partial charge >= 0.3 is 11.7 Å². The normalized spacial score (nSPS) is 18.7. The lowest BCUT2D eigenvalue weighted by Crippen LogP contribution is -2.44. The van der Waals surface area contributed by atoms with Crippen molar-refractivity contribution < 1.29 is 14.3 Å². The summed E-state index contributed by atoms with van der Waals surface area (Å²) >= 11 is 12.9. The van der Waals surface area contributed by atoms with Crippen molar-refractivity contribution in [2.75, 3.05) is 25.7 Å². The first-order chi connectivity index (χ1) is 20.8. The Morgan fingerprint density at radius 2 is 1.82 bits per heavy atom. The highest BCUT2D eigenvalue weighted by molar-refractivity contribution is 6.35. The molecule has 0 spiro atoms. The van der Waals surface area contributed by atoms with Crippen molar-refractivity contribution in [3.05, 3.63) is 102 Å². The highest BCUT2D eigenvalue weighted by Gasteiger charge is 2.40. The first-order valence-corrected chi connectivity index (χ1v) is 15.2. The summed E-state index contributed by atoms with van der Waals surface area (Å²) in [5.41, 5.74) is 5.09. The molecule has 0 saturated carbocycles. The number of nitrogens with one attached hydrogen (secondary N) is 2. The van der Waals surface area contributed by atoms with E-state index in [1.165, 1.54) is 20.4 Å². The number of rotatable bonds is 8. The minimum atomic E-state index is -0.634. The standard InChI is InChI=1S/C32H32Cl2N4O5.ClH/c1-3-43-31(40)28-21(33)8-5-10-24(28)36-38-25-11-6-9-22(34)29(25)30(39)37(32(38)41)16-15-23-27-18(17-35-23)13-14-19-20(27)7-4-12-26(19)42-2;/h4-12,18,23,27,35-36H,3,13-17H2,1-2H3;1H. The molecule has 12 heteroatoms. The van der Waals surface area contributed by atoms with Gasteiger partial charge in [-0.15, -0.1) is 12.4 Å². The lowest BCUT2D eigenvalue weighted by Gasteiger charge is -2.32. The van der Waals surface area contributed by atoms with E-state index in [4.69, 9.17) is 32.7 Å². The molecule has 0 radical (unpaired) electrons. The van der Waals surface area contributed by atoms with Crippen molar-refractivity contribution in [2.45, 2.75) is 44.7 Å². The minimum absolute atomic E-state index is 0. The van der Waals surface area contributed by atoms with Gasteiger partial charge < -0.3 is 14.8 Å². The number of halogens is 3. The number of benzene rings is 3. The molecule has 2 heterocycles. The number of esters is 1. The second-order valence-electron chi connectivity index (χ2n) is 10.9. The lowest BCUT2D eigenvalue weighted by atomic mass is 9.73. The molecule has 1 aromatic heterocycles. The summed E-state index contributed by atoms with van der Waals surface area (Å²) in [6.07, 6.45) is 2.56. The maximum Gasteiger partial charge on any atom is 0.350 e. The van der Waals surface area contributed by atoms with Gasteiger partial charge in [-0.05, 0) is 80.1 Å². The van der Waals surface area contributed by atoms with Crippen molar-refractivity contribution in [2.24, 2.45) is 5.92 Å². The quantitative estimate of drug-likeness (QED) is 0.235. The first-order valence-electron chi connectivity index (χ1n) is 14.4. The molecule has 4 aromatic rings. The Labute approximate surface area is 270 Å². The number of ether oxygens (including phenoxy) is 2. The summed E-state index contributed by atoms with van der Waals surface area (Å²) < 4.78 is 13.3. The van der Waals surface area contributed by atoms with Crippen LogP contribution < -0.4 is 26.7 Å². The van der Waals surface area contributed by atoms with E-state index >= 15 is 0 Å². The van der Waals surface area contributed by atoms with Gasteiger partial charge in [0.1, 0.15) is 11.3 Å². The SMILES string of the molecule is CCOC(=O)c1c(Cl)cccc1Nn1c(=O)n(CCC2NCC3CCc4c(OC)cccc4C32)c(=O)c2c(Cl)cccc21.Cl. The molecule has 1 aliphatic heterocycles. The van der Waals surface area contributed by atoms with Gasteiger partial charge in [-0.25, -0.2) is 14.3 Å². The van der Waals surface area contributed by atoms with Gasteiger partial charge in [-0.1, -0.05) is 47.5 Å². The summed E-state index contributed by atoms with van der Waals surface area (Å²) in [5, 5.41) is 4.23. The van der Waals surface area contributed by atoms with E-state index in [0.717, 1.165) is 25.1 Å². The van der Waals surface area contributed by atoms with Gasteiger partial charge in [0.25, 0.3) is 5.56 Å². The molecule has 44 heavy (non-hydrogen) atoms. The fourth-order valence-electron chi connectivity index (χ4n) is 6.68. The lowest BCUT2D eigenvalue weighted by molar-refractivity contribution is 0.0527. The highest BCUT2D eigenvalue weighted by Crippen LogP contribution is 2.45. The third-order valence-corrected chi connectivity index (χ3v) is 9.23. The summed E-state index contributed by atoms with van der Waals surface area (Å²) in [4.78, 5) is 40.5. The van der Waals surface area contributed by atoms with Crippen LogP contribution in [0.4, 0.5) is 5.69 Å². The second kappa shape index (κ2) is 13.2. The molecular formula is C32H33Cl3N4O5. The van der Waals surface area contributed by atoms with E-state index in [-0.39, 0.29) is 69.7 Å². The molecule has 1 fully saturated rings. The van der Waals surface area contributed by atoms with Crippen LogP contribution >= 0.6 is 35.6 Å². The van der Waals surface area contributed by atoms with Crippen LogP contribution in [-0.4, -0.2) is 41.5 Å². The Hall–Kier alpha value is -3.50. The van der Waals surface area contributed by atoms with E-state index in [2.05, 4.69) is 16.8 Å². The predicted octanol–water partition coefficient (Wildman–Crippen LogP) is 5.66. The molecule has 3 aromatic carbocycles. The molecule has 2 aliphatic rings. The van der Waals surface area contributed by atoms with Crippen molar-refractivity contribution in [1.29, 1.82) is 0 Å². The van der Waals surface area contributed by atoms with E-state index < -0.39 is 17.2 Å². The zero-order valence-electron chi connectivity index (χ0n) is 24.3. The van der Waals surface area contributed by atoms with E-state index in [1.54, 1.807) is 50.4 Å². The number of nitrogens with zero attached hydrogens (tertiary/aromatic N) is 2. The van der Waals surface area contributed by atoms with Crippen LogP contribution in [-0.2, 0) is 17.7 Å². The Bertz CT molecular complexity index is 1840. The molecule has 2 N–H and O–H groups in total. The third-order valence-electron chi connectivity index (χ3n) is 8.60. The largest absolute Gasteiger partial charge is 0.496 e. The Balaban J connectivity index is 0.00000384. The Morgan fingerprint density at radius 3 is 2.59 bits per heavy atom. The van der Waals surface area contributed by atoms with Gasteiger partial charge in [0.2, 0.25) is 0 Å². The van der Waals surface area contributed by atoms with Crippen LogP contribution in [0.25, 0.3) is 10.9 Å². The number of anilines is 1. The van der Waals surface area contributed by atoms with E-state index in [9.17, 15) is 14.4 Å². The van der Waals surface area contributed by atoms with Gasteiger partial charge in [0.15, 0.2) is 0 Å². The number of methoxy groups -OCH3 is 1. The number of hydrogen-bond acceptors (Lipinski definition) is 7. The number of carbonyl (C=O) groups excluding carboxylic acids is 1. The van der Waals surface area contributed by atoms with Crippen molar-refractivity contribution in [3.63, 3.8) is 0 Å². The van der Waals surface area contributed by atoms with Crippen LogP contribution in [0, 0.1) is 5.92 Å². The van der Waals surface area contributed by atoms with Crippen LogP contribution in [0.2, 0.25) is 10.0 Å². The monoisotopic (exact) mass is 658 g/mol. The zero-order chi connectivity index (χ0) is 30.2. The average molecular weight is 660 g/mol. The maximum absolute atomic E-state index is 14.0. The van der Waals surface area contributed by atoms with Crippen LogP contribution in [0.1, 0.15) is 47.2 Å². The van der Waals surface area contributed by atoms with Crippen molar-refractivity contribution in [3.8, 4) is 5.75 Å². The van der Waals surface area contributed by atoms with Crippen LogP contribution in [0.15, 0.2) is 64.2 Å². The van der Waals surface area contributed by atoms with Gasteiger partial charge in [-0.3, -0.25) is 14.8 Å². The maximum atomic E-state index is 14.0. The zero-order valence-corrected chi connectivity index (χ0v) is 26.6. The van der Waals surface area contributed by atoms with Crippen molar-refractivity contribution >= 4 is 58.2 Å². The van der Waals surface area contributed by atoms with Gasteiger partial charge in [0.05, 0.1) is 40.4 Å². The predicted molar refractivity (Wildman–Crippen MR) is 175 cm³/mol. The summed E-state index contributed by atoms with van der Waals surface area (Å²) in [6, 6.07) is 16.0. The second-order valence-corrected chi connectivity index (χ2v) is 11.7. The number of aromatic nitrogens is 2. The van der Waals surface area contributed by atoms with E-state index in [1.807, 2.05) is 12.1 Å². The number of hydrogen-bond donors (Lipinski definition) is 2. The summed E-state index contributed by atoms with van der Waals surface area (Å²) in [7, 11) is 1.70. The molecule has 0 bridgehead atoms. The molecule has 1 aliphatic carbocycles. The fraction of sp³-hybridized carbons (Fsp3) is 0.344. The molecule has 232 valence electrons. The topological polar surface area (TPSA) is 104 Å².